The van der Waals surface area contributed by atoms with Gasteiger partial charge in [0.15, 0.2) is 11.5 Å². The summed E-state index contributed by atoms with van der Waals surface area (Å²) in [5.41, 5.74) is 2.59. The van der Waals surface area contributed by atoms with Crippen LogP contribution in [-0.4, -0.2) is 58.9 Å². The number of carbonyl (C=O) groups excluding carboxylic acids is 1. The number of pyridine rings is 1. The summed E-state index contributed by atoms with van der Waals surface area (Å²) in [6, 6.07) is 9.62. The lowest BCUT2D eigenvalue weighted by atomic mass is 10.1. The van der Waals surface area contributed by atoms with Gasteiger partial charge in [-0.2, -0.15) is 0 Å². The first kappa shape index (κ1) is 19.3. The largest absolute Gasteiger partial charge is 0.493 e. The SMILES string of the molecule is COc1ccc(-c2nccc3ccn(CC(=O)N4CCC(O)CC4)c23)cc1OC. The Hall–Kier alpha value is -3.06. The van der Waals surface area contributed by atoms with E-state index in [1.807, 2.05) is 46.0 Å². The van der Waals surface area contributed by atoms with Gasteiger partial charge in [-0.25, -0.2) is 0 Å². The van der Waals surface area contributed by atoms with Crippen LogP contribution in [0.3, 0.4) is 0 Å². The fourth-order valence-electron chi connectivity index (χ4n) is 3.84. The van der Waals surface area contributed by atoms with Gasteiger partial charge in [0, 0.05) is 36.4 Å². The first-order chi connectivity index (χ1) is 14.1. The van der Waals surface area contributed by atoms with Gasteiger partial charge in [-0.15, -0.1) is 0 Å². The topological polar surface area (TPSA) is 76.8 Å². The molecule has 1 amide bonds. The highest BCUT2D eigenvalue weighted by Gasteiger charge is 2.22. The molecule has 1 aliphatic heterocycles. The average molecular weight is 395 g/mol. The number of aliphatic hydroxyl groups excluding tert-OH is 1. The second-order valence-corrected chi connectivity index (χ2v) is 7.22. The zero-order valence-corrected chi connectivity index (χ0v) is 16.7. The number of piperidine rings is 1. The van der Waals surface area contributed by atoms with Gasteiger partial charge in [0.2, 0.25) is 5.91 Å². The van der Waals surface area contributed by atoms with E-state index in [9.17, 15) is 9.90 Å². The van der Waals surface area contributed by atoms with Crippen molar-refractivity contribution >= 4 is 16.8 Å². The highest BCUT2D eigenvalue weighted by Crippen LogP contribution is 2.34. The summed E-state index contributed by atoms with van der Waals surface area (Å²) < 4.78 is 12.7. The van der Waals surface area contributed by atoms with Crippen molar-refractivity contribution in [2.75, 3.05) is 27.3 Å². The molecular weight excluding hydrogens is 370 g/mol. The first-order valence-electron chi connectivity index (χ1n) is 9.73. The molecule has 0 unspecified atom stereocenters. The molecular formula is C22H25N3O4. The molecule has 3 heterocycles. The van der Waals surface area contributed by atoms with Crippen molar-refractivity contribution in [1.29, 1.82) is 0 Å². The molecule has 1 N–H and O–H groups in total. The molecule has 0 aliphatic carbocycles. The molecule has 7 heteroatoms. The number of likely N-dealkylation sites (tertiary alicyclic amines) is 1. The normalized spacial score (nSPS) is 14.9. The monoisotopic (exact) mass is 395 g/mol. The number of fused-ring (bicyclic) bond motifs is 1. The molecule has 0 spiro atoms. The van der Waals surface area contributed by atoms with Gasteiger partial charge in [0.25, 0.3) is 0 Å². The van der Waals surface area contributed by atoms with Crippen LogP contribution in [0.5, 0.6) is 11.5 Å². The summed E-state index contributed by atoms with van der Waals surface area (Å²) in [6.45, 7) is 1.44. The van der Waals surface area contributed by atoms with Crippen molar-refractivity contribution in [2.45, 2.75) is 25.5 Å². The standard InChI is InChI=1S/C22H25N3O4/c1-28-18-4-3-16(13-19(18)29-2)21-22-15(5-9-23-21)6-10-25(22)14-20(27)24-11-7-17(26)8-12-24/h3-6,9-10,13,17,26H,7-8,11-12,14H2,1-2H3. The minimum absolute atomic E-state index is 0.0523. The number of carbonyl (C=O) groups is 1. The van der Waals surface area contributed by atoms with Gasteiger partial charge in [-0.05, 0) is 43.2 Å². The number of benzene rings is 1. The number of nitrogens with zero attached hydrogens (tertiary/aromatic N) is 3. The second-order valence-electron chi connectivity index (χ2n) is 7.22. The van der Waals surface area contributed by atoms with Crippen molar-refractivity contribution < 1.29 is 19.4 Å². The molecule has 0 saturated carbocycles. The molecule has 0 radical (unpaired) electrons. The number of methoxy groups -OCH3 is 2. The van der Waals surface area contributed by atoms with Gasteiger partial charge in [0.1, 0.15) is 6.54 Å². The third kappa shape index (κ3) is 3.78. The summed E-state index contributed by atoms with van der Waals surface area (Å²) in [5, 5.41) is 10.7. The Morgan fingerprint density at radius 3 is 2.62 bits per heavy atom. The molecule has 3 aromatic rings. The van der Waals surface area contributed by atoms with Crippen LogP contribution in [0.4, 0.5) is 0 Å². The Kier molecular flexibility index (Phi) is 5.40. The number of amides is 1. The molecule has 0 atom stereocenters. The van der Waals surface area contributed by atoms with Crippen molar-refractivity contribution in [3.63, 3.8) is 0 Å². The van der Waals surface area contributed by atoms with Gasteiger partial charge in [-0.3, -0.25) is 9.78 Å². The van der Waals surface area contributed by atoms with E-state index >= 15 is 0 Å². The highest BCUT2D eigenvalue weighted by atomic mass is 16.5. The smallest absolute Gasteiger partial charge is 0.242 e. The van der Waals surface area contributed by atoms with Gasteiger partial charge in [-0.1, -0.05) is 0 Å². The molecule has 1 aromatic carbocycles. The third-order valence-electron chi connectivity index (χ3n) is 5.46. The van der Waals surface area contributed by atoms with Gasteiger partial charge >= 0.3 is 0 Å². The van der Waals surface area contributed by atoms with E-state index in [2.05, 4.69) is 4.98 Å². The quantitative estimate of drug-likeness (QED) is 0.719. The zero-order valence-electron chi connectivity index (χ0n) is 16.7. The first-order valence-corrected chi connectivity index (χ1v) is 9.73. The summed E-state index contributed by atoms with van der Waals surface area (Å²) in [6.07, 6.45) is 4.67. The molecule has 2 aromatic heterocycles. The van der Waals surface area contributed by atoms with E-state index in [-0.39, 0.29) is 18.6 Å². The number of rotatable bonds is 5. The third-order valence-corrected chi connectivity index (χ3v) is 5.46. The fourth-order valence-corrected chi connectivity index (χ4v) is 3.84. The molecule has 29 heavy (non-hydrogen) atoms. The fraction of sp³-hybridized carbons (Fsp3) is 0.364. The van der Waals surface area contributed by atoms with Gasteiger partial charge in [0.05, 0.1) is 31.5 Å². The van der Waals surface area contributed by atoms with Crippen LogP contribution in [0.1, 0.15) is 12.8 Å². The number of hydrogen-bond acceptors (Lipinski definition) is 5. The Morgan fingerprint density at radius 2 is 1.90 bits per heavy atom. The predicted molar refractivity (Wildman–Crippen MR) is 110 cm³/mol. The minimum Gasteiger partial charge on any atom is -0.493 e. The molecule has 7 nitrogen and oxygen atoms in total. The van der Waals surface area contributed by atoms with Crippen LogP contribution in [0.25, 0.3) is 22.2 Å². The zero-order chi connectivity index (χ0) is 20.4. The van der Waals surface area contributed by atoms with Crippen molar-refractivity contribution in [2.24, 2.45) is 0 Å². The minimum atomic E-state index is -0.299. The molecule has 1 aliphatic rings. The van der Waals surface area contributed by atoms with E-state index < -0.39 is 0 Å². The van der Waals surface area contributed by atoms with Crippen LogP contribution in [0.2, 0.25) is 0 Å². The van der Waals surface area contributed by atoms with Crippen molar-refractivity contribution in [3.8, 4) is 22.8 Å². The number of aromatic nitrogens is 2. The summed E-state index contributed by atoms with van der Waals surface area (Å²) in [5.74, 6) is 1.34. The van der Waals surface area contributed by atoms with Crippen LogP contribution in [0.15, 0.2) is 42.7 Å². The average Bonchev–Trinajstić information content (AvgIpc) is 3.16. The Balaban J connectivity index is 1.68. The molecule has 152 valence electrons. The molecule has 1 fully saturated rings. The lowest BCUT2D eigenvalue weighted by molar-refractivity contribution is -0.133. The predicted octanol–water partition coefficient (Wildman–Crippen LogP) is 2.70. The van der Waals surface area contributed by atoms with Crippen LogP contribution in [-0.2, 0) is 11.3 Å². The molecule has 1 saturated heterocycles. The lowest BCUT2D eigenvalue weighted by Gasteiger charge is -2.29. The van der Waals surface area contributed by atoms with E-state index in [4.69, 9.17) is 9.47 Å². The highest BCUT2D eigenvalue weighted by molar-refractivity contribution is 5.93. The lowest BCUT2D eigenvalue weighted by Crippen LogP contribution is -2.41. The van der Waals surface area contributed by atoms with E-state index in [1.54, 1.807) is 20.4 Å². The van der Waals surface area contributed by atoms with Crippen molar-refractivity contribution in [3.05, 3.63) is 42.7 Å². The molecule has 0 bridgehead atoms. The summed E-state index contributed by atoms with van der Waals surface area (Å²) in [7, 11) is 3.21. The maximum atomic E-state index is 12.8. The second kappa shape index (κ2) is 8.13. The number of hydrogen-bond donors (Lipinski definition) is 1. The van der Waals surface area contributed by atoms with E-state index in [0.29, 0.717) is 37.4 Å². The number of ether oxygens (including phenoxy) is 2. The molecule has 4 rings (SSSR count). The maximum absolute atomic E-state index is 12.8. The van der Waals surface area contributed by atoms with Crippen LogP contribution >= 0.6 is 0 Å². The van der Waals surface area contributed by atoms with E-state index in [0.717, 1.165) is 22.2 Å². The Bertz CT molecular complexity index is 1020. The van der Waals surface area contributed by atoms with Crippen LogP contribution in [0, 0.1) is 0 Å². The summed E-state index contributed by atoms with van der Waals surface area (Å²) in [4.78, 5) is 19.2. The Morgan fingerprint density at radius 1 is 1.14 bits per heavy atom. The number of aliphatic hydroxyl groups is 1. The van der Waals surface area contributed by atoms with Crippen LogP contribution < -0.4 is 9.47 Å². The van der Waals surface area contributed by atoms with E-state index in [1.165, 1.54) is 0 Å². The summed E-state index contributed by atoms with van der Waals surface area (Å²) >= 11 is 0. The van der Waals surface area contributed by atoms with Crippen molar-refractivity contribution in [1.82, 2.24) is 14.5 Å². The van der Waals surface area contributed by atoms with Gasteiger partial charge < -0.3 is 24.0 Å². The Labute approximate surface area is 169 Å². The maximum Gasteiger partial charge on any atom is 0.242 e.